The number of aryl methyl sites for hydroxylation is 1. The van der Waals surface area contributed by atoms with E-state index in [9.17, 15) is 4.79 Å². The van der Waals surface area contributed by atoms with E-state index in [0.29, 0.717) is 13.0 Å². The molecular weight excluding hydrogens is 234 g/mol. The molecule has 1 fully saturated rings. The predicted octanol–water partition coefficient (Wildman–Crippen LogP) is 1.29. The Morgan fingerprint density at radius 2 is 1.83 bits per heavy atom. The van der Waals surface area contributed by atoms with Crippen LogP contribution in [0, 0.1) is 6.92 Å². The van der Waals surface area contributed by atoms with Crippen molar-refractivity contribution >= 4 is 12.1 Å². The Balaban J connectivity index is 0.000000492. The highest BCUT2D eigenvalue weighted by Crippen LogP contribution is 2.27. The third-order valence-electron chi connectivity index (χ3n) is 2.85. The van der Waals surface area contributed by atoms with Crippen LogP contribution in [0.25, 0.3) is 0 Å². The first-order valence-electron chi connectivity index (χ1n) is 5.52. The minimum absolute atomic E-state index is 0.0723. The Morgan fingerprint density at radius 3 is 2.28 bits per heavy atom. The average Bonchev–Trinajstić information content (AvgIpc) is 2.72. The van der Waals surface area contributed by atoms with Gasteiger partial charge in [0.25, 0.3) is 0 Å². The van der Waals surface area contributed by atoms with Crippen molar-refractivity contribution < 1.29 is 19.2 Å². The van der Waals surface area contributed by atoms with Gasteiger partial charge in [-0.05, 0) is 12.5 Å². The maximum atomic E-state index is 11.5. The maximum absolute atomic E-state index is 11.5. The van der Waals surface area contributed by atoms with Gasteiger partial charge in [0.15, 0.2) is 0 Å². The highest BCUT2D eigenvalue weighted by molar-refractivity contribution is 5.78. The van der Waals surface area contributed by atoms with Crippen molar-refractivity contribution in [2.24, 2.45) is 0 Å². The maximum Gasteiger partial charge on any atom is 0.373 e. The number of benzene rings is 1. The van der Waals surface area contributed by atoms with Gasteiger partial charge in [0, 0.05) is 12.3 Å². The first-order chi connectivity index (χ1) is 8.62. The van der Waals surface area contributed by atoms with E-state index in [2.05, 4.69) is 31.2 Å². The Labute approximate surface area is 105 Å². The molecule has 5 nitrogen and oxygen atoms in total. The molecule has 96 valence electrons. The van der Waals surface area contributed by atoms with Crippen LogP contribution in [0.2, 0.25) is 0 Å². The smallest absolute Gasteiger partial charge is 0.274 e. The number of rotatable bonds is 2. The first kappa shape index (κ1) is 14.1. The van der Waals surface area contributed by atoms with Gasteiger partial charge in [-0.2, -0.15) is 9.59 Å². The SMILES string of the molecule is CON1C[C@H](c2ccc(C)cc2)CC1=O.O=C=O. The number of carbonyl (C=O) groups is 1. The molecule has 0 spiro atoms. The van der Waals surface area contributed by atoms with Crippen molar-refractivity contribution in [1.29, 1.82) is 0 Å². The molecule has 5 heteroatoms. The molecule has 1 amide bonds. The molecule has 2 rings (SSSR count). The summed E-state index contributed by atoms with van der Waals surface area (Å²) in [7, 11) is 1.54. The first-order valence-corrected chi connectivity index (χ1v) is 5.52. The van der Waals surface area contributed by atoms with E-state index in [1.54, 1.807) is 0 Å². The van der Waals surface area contributed by atoms with E-state index >= 15 is 0 Å². The van der Waals surface area contributed by atoms with Crippen LogP contribution in [0.3, 0.4) is 0 Å². The third-order valence-corrected chi connectivity index (χ3v) is 2.85. The van der Waals surface area contributed by atoms with Gasteiger partial charge in [0.05, 0.1) is 13.7 Å². The number of hydrogen-bond acceptors (Lipinski definition) is 4. The summed E-state index contributed by atoms with van der Waals surface area (Å²) < 4.78 is 0. The van der Waals surface area contributed by atoms with Crippen molar-refractivity contribution in [2.45, 2.75) is 19.3 Å². The zero-order valence-corrected chi connectivity index (χ0v) is 10.4. The fourth-order valence-corrected chi connectivity index (χ4v) is 1.92. The molecule has 0 radical (unpaired) electrons. The Hall–Kier alpha value is -1.97. The Kier molecular flexibility index (Phi) is 5.24. The van der Waals surface area contributed by atoms with Gasteiger partial charge in [0.1, 0.15) is 0 Å². The van der Waals surface area contributed by atoms with Crippen LogP contribution < -0.4 is 0 Å². The molecule has 1 saturated heterocycles. The molecule has 0 bridgehead atoms. The molecule has 1 heterocycles. The van der Waals surface area contributed by atoms with Gasteiger partial charge in [-0.1, -0.05) is 29.8 Å². The van der Waals surface area contributed by atoms with Crippen LogP contribution >= 0.6 is 0 Å². The monoisotopic (exact) mass is 249 g/mol. The summed E-state index contributed by atoms with van der Waals surface area (Å²) in [6.45, 7) is 2.73. The molecule has 0 N–H and O–H groups in total. The van der Waals surface area contributed by atoms with Gasteiger partial charge in [-0.25, -0.2) is 5.06 Å². The second-order valence-electron chi connectivity index (χ2n) is 4.03. The lowest BCUT2D eigenvalue weighted by atomic mass is 9.97. The lowest BCUT2D eigenvalue weighted by Gasteiger charge is -2.12. The van der Waals surface area contributed by atoms with Gasteiger partial charge in [-0.15, -0.1) is 0 Å². The Morgan fingerprint density at radius 1 is 1.28 bits per heavy atom. The summed E-state index contributed by atoms with van der Waals surface area (Å²) >= 11 is 0. The number of carbonyl (C=O) groups excluding carboxylic acids is 3. The number of hydrogen-bond donors (Lipinski definition) is 0. The van der Waals surface area contributed by atoms with Crippen molar-refractivity contribution in [3.05, 3.63) is 35.4 Å². The van der Waals surface area contributed by atoms with E-state index < -0.39 is 0 Å². The highest BCUT2D eigenvalue weighted by atomic mass is 16.7. The van der Waals surface area contributed by atoms with Crippen LogP contribution in [-0.4, -0.2) is 30.8 Å². The average molecular weight is 249 g/mol. The van der Waals surface area contributed by atoms with E-state index in [4.69, 9.17) is 14.4 Å². The van der Waals surface area contributed by atoms with Crippen molar-refractivity contribution in [3.63, 3.8) is 0 Å². The van der Waals surface area contributed by atoms with E-state index in [1.807, 2.05) is 0 Å². The number of hydroxylamine groups is 2. The quantitative estimate of drug-likeness (QED) is 0.792. The Bertz CT molecular complexity index is 435. The summed E-state index contributed by atoms with van der Waals surface area (Å²) in [4.78, 5) is 32.7. The molecule has 0 aliphatic carbocycles. The van der Waals surface area contributed by atoms with Crippen LogP contribution in [0.5, 0.6) is 0 Å². The van der Waals surface area contributed by atoms with Crippen molar-refractivity contribution in [1.82, 2.24) is 5.06 Å². The molecule has 0 unspecified atom stereocenters. The third kappa shape index (κ3) is 3.52. The zero-order valence-electron chi connectivity index (χ0n) is 10.4. The number of nitrogens with zero attached hydrogens (tertiary/aromatic N) is 1. The molecule has 18 heavy (non-hydrogen) atoms. The van der Waals surface area contributed by atoms with Crippen molar-refractivity contribution in [3.8, 4) is 0 Å². The van der Waals surface area contributed by atoms with E-state index in [0.717, 1.165) is 0 Å². The molecule has 1 aromatic carbocycles. The zero-order chi connectivity index (χ0) is 13.5. The van der Waals surface area contributed by atoms with Gasteiger partial charge in [0.2, 0.25) is 5.91 Å². The summed E-state index contributed by atoms with van der Waals surface area (Å²) in [6.07, 6.45) is 0.802. The number of amides is 1. The predicted molar refractivity (Wildman–Crippen MR) is 62.3 cm³/mol. The molecule has 1 atom stereocenters. The van der Waals surface area contributed by atoms with E-state index in [1.165, 1.54) is 23.3 Å². The van der Waals surface area contributed by atoms with Crippen LogP contribution in [0.15, 0.2) is 24.3 Å². The second-order valence-corrected chi connectivity index (χ2v) is 4.03. The van der Waals surface area contributed by atoms with Crippen LogP contribution in [0.1, 0.15) is 23.5 Å². The van der Waals surface area contributed by atoms with E-state index in [-0.39, 0.29) is 18.0 Å². The minimum atomic E-state index is 0.0723. The van der Waals surface area contributed by atoms with Crippen molar-refractivity contribution in [2.75, 3.05) is 13.7 Å². The highest BCUT2D eigenvalue weighted by Gasteiger charge is 2.30. The summed E-state index contributed by atoms with van der Waals surface area (Å²) in [6, 6.07) is 8.34. The second kappa shape index (κ2) is 6.69. The lowest BCUT2D eigenvalue weighted by Crippen LogP contribution is -2.23. The van der Waals surface area contributed by atoms with Crippen LogP contribution in [-0.2, 0) is 19.2 Å². The molecule has 1 aliphatic heterocycles. The van der Waals surface area contributed by atoms with Gasteiger partial charge >= 0.3 is 6.15 Å². The molecule has 1 aliphatic rings. The standard InChI is InChI=1S/C12H15NO2.CO2/c1-9-3-5-10(6-4-9)11-7-12(14)13(8-11)15-2;2-1-3/h3-6,11H,7-8H2,1-2H3;/t11-;/m1./s1. The molecule has 0 saturated carbocycles. The summed E-state index contributed by atoms with van der Waals surface area (Å²) in [5.41, 5.74) is 2.46. The topological polar surface area (TPSA) is 63.7 Å². The largest absolute Gasteiger partial charge is 0.373 e. The minimum Gasteiger partial charge on any atom is -0.274 e. The van der Waals surface area contributed by atoms with Gasteiger partial charge in [-0.3, -0.25) is 9.63 Å². The fourth-order valence-electron chi connectivity index (χ4n) is 1.92. The summed E-state index contributed by atoms with van der Waals surface area (Å²) in [5.74, 6) is 0.348. The molecular formula is C13H15NO4. The van der Waals surface area contributed by atoms with Crippen LogP contribution in [0.4, 0.5) is 0 Å². The normalized spacial score (nSPS) is 18.0. The van der Waals surface area contributed by atoms with Gasteiger partial charge < -0.3 is 0 Å². The fraction of sp³-hybridized carbons (Fsp3) is 0.385. The summed E-state index contributed by atoms with van der Waals surface area (Å²) in [5, 5.41) is 1.44. The lowest BCUT2D eigenvalue weighted by molar-refractivity contribution is -0.191. The molecule has 1 aromatic rings. The molecule has 0 aromatic heterocycles.